The van der Waals surface area contributed by atoms with Gasteiger partial charge in [0, 0.05) is 32.7 Å². The van der Waals surface area contributed by atoms with Crippen LogP contribution in [0.25, 0.3) is 98.1 Å². The average molecular weight is 805 g/mol. The van der Waals surface area contributed by atoms with E-state index < -0.39 is 11.7 Å². The third-order valence-electron chi connectivity index (χ3n) is 11.4. The van der Waals surface area contributed by atoms with Crippen LogP contribution in [0.3, 0.4) is 0 Å². The van der Waals surface area contributed by atoms with Crippen molar-refractivity contribution < 1.29 is 13.2 Å². The molecule has 0 aliphatic carbocycles. The summed E-state index contributed by atoms with van der Waals surface area (Å²) in [6.07, 6.45) is -4.87. The molecule has 0 aliphatic heterocycles. The second kappa shape index (κ2) is 14.4. The van der Waals surface area contributed by atoms with Gasteiger partial charge in [-0.15, -0.1) is 0 Å². The Morgan fingerprint density at radius 1 is 0.452 bits per heavy atom. The van der Waals surface area contributed by atoms with Crippen LogP contribution in [0.5, 0.6) is 0 Å². The molecule has 10 aromatic rings. The highest BCUT2D eigenvalue weighted by molar-refractivity contribution is 6.13. The van der Waals surface area contributed by atoms with Crippen LogP contribution in [0.2, 0.25) is 0 Å². The van der Waals surface area contributed by atoms with Gasteiger partial charge in [-0.25, -0.2) is 9.69 Å². The molecule has 2 aromatic heterocycles. The molecule has 0 spiro atoms. The summed E-state index contributed by atoms with van der Waals surface area (Å²) < 4.78 is 50.4. The van der Waals surface area contributed by atoms with E-state index in [0.717, 1.165) is 49.9 Å². The number of nitriles is 2. The molecule has 0 bridgehead atoms. The number of fused-ring (bicyclic) bond motifs is 6. The zero-order valence-electron chi connectivity index (χ0n) is 32.4. The summed E-state index contributed by atoms with van der Waals surface area (Å²) in [7, 11) is 0. The summed E-state index contributed by atoms with van der Waals surface area (Å²) >= 11 is 0. The van der Waals surface area contributed by atoms with Gasteiger partial charge in [0.15, 0.2) is 11.4 Å². The maximum Gasteiger partial charge on any atom is 0.415 e. The quantitative estimate of drug-likeness (QED) is 0.163. The first-order chi connectivity index (χ1) is 30.2. The van der Waals surface area contributed by atoms with Gasteiger partial charge < -0.3 is 9.13 Å². The molecular formula is C53H27F3N6. The molecular weight excluding hydrogens is 778 g/mol. The first kappa shape index (κ1) is 37.4. The van der Waals surface area contributed by atoms with Gasteiger partial charge in [-0.2, -0.15) is 23.7 Å². The predicted octanol–water partition coefficient (Wildman–Crippen LogP) is 14.7. The van der Waals surface area contributed by atoms with E-state index >= 15 is 13.2 Å². The maximum atomic E-state index is 15.5. The van der Waals surface area contributed by atoms with Crippen molar-refractivity contribution in [1.29, 1.82) is 10.5 Å². The number of aromatic nitrogens is 2. The van der Waals surface area contributed by atoms with Gasteiger partial charge in [-0.3, -0.25) is 0 Å². The van der Waals surface area contributed by atoms with Crippen molar-refractivity contribution in [3.05, 3.63) is 203 Å². The monoisotopic (exact) mass is 804 g/mol. The molecule has 0 radical (unpaired) electrons. The molecule has 6 nitrogen and oxygen atoms in total. The van der Waals surface area contributed by atoms with E-state index in [4.69, 9.17) is 13.1 Å². The first-order valence-corrected chi connectivity index (χ1v) is 19.4. The minimum atomic E-state index is -4.87. The predicted molar refractivity (Wildman–Crippen MR) is 238 cm³/mol. The average Bonchev–Trinajstić information content (AvgIpc) is 3.82. The fourth-order valence-corrected chi connectivity index (χ4v) is 8.76. The van der Waals surface area contributed by atoms with Gasteiger partial charge in [0.05, 0.1) is 75.4 Å². The zero-order chi connectivity index (χ0) is 42.7. The molecule has 0 atom stereocenters. The molecule has 0 N–H and O–H groups in total. The lowest BCUT2D eigenvalue weighted by Crippen LogP contribution is -2.11. The fraction of sp³-hybridized carbons (Fsp3) is 0.0189. The summed E-state index contributed by atoms with van der Waals surface area (Å²) in [5.41, 5.74) is 5.96. The van der Waals surface area contributed by atoms with Crippen LogP contribution >= 0.6 is 0 Å². The number of halogens is 3. The van der Waals surface area contributed by atoms with Crippen molar-refractivity contribution in [1.82, 2.24) is 9.13 Å². The molecule has 0 aliphatic rings. The Bertz CT molecular complexity index is 3500. The molecule has 0 saturated carbocycles. The molecule has 9 heteroatoms. The van der Waals surface area contributed by atoms with Gasteiger partial charge in [-0.1, -0.05) is 109 Å². The van der Waals surface area contributed by atoms with Crippen LogP contribution in [0.15, 0.2) is 164 Å². The minimum Gasteiger partial charge on any atom is -0.309 e. The molecule has 0 saturated heterocycles. The van der Waals surface area contributed by atoms with E-state index in [1.807, 2.05) is 106 Å². The van der Waals surface area contributed by atoms with E-state index in [9.17, 15) is 10.5 Å². The Kier molecular flexibility index (Phi) is 8.70. The Balaban J connectivity index is 1.41. The van der Waals surface area contributed by atoms with Crippen molar-refractivity contribution >= 4 is 55.0 Å². The number of alkyl halides is 3. The number of rotatable bonds is 5. The smallest absolute Gasteiger partial charge is 0.309 e. The summed E-state index contributed by atoms with van der Waals surface area (Å²) in [5.74, 6) is 0. The molecule has 0 amide bonds. The van der Waals surface area contributed by atoms with Crippen molar-refractivity contribution in [3.63, 3.8) is 0 Å². The second-order valence-electron chi connectivity index (χ2n) is 14.8. The van der Waals surface area contributed by atoms with Gasteiger partial charge in [0.2, 0.25) is 0 Å². The van der Waals surface area contributed by atoms with Gasteiger partial charge in [0.1, 0.15) is 0 Å². The van der Waals surface area contributed by atoms with Crippen LogP contribution in [0.1, 0.15) is 16.7 Å². The van der Waals surface area contributed by atoms with Crippen LogP contribution in [0.4, 0.5) is 24.5 Å². The second-order valence-corrected chi connectivity index (χ2v) is 14.8. The number of hydrogen-bond donors (Lipinski definition) is 0. The van der Waals surface area contributed by atoms with Crippen molar-refractivity contribution in [2.75, 3.05) is 0 Å². The fourth-order valence-electron chi connectivity index (χ4n) is 8.76. The summed E-state index contributed by atoms with van der Waals surface area (Å²) in [4.78, 5) is 7.33. The van der Waals surface area contributed by atoms with E-state index in [2.05, 4.69) is 21.8 Å². The third-order valence-corrected chi connectivity index (χ3v) is 11.4. The van der Waals surface area contributed by atoms with Crippen LogP contribution in [-0.2, 0) is 6.18 Å². The lowest BCUT2D eigenvalue weighted by Gasteiger charge is -2.24. The van der Waals surface area contributed by atoms with Gasteiger partial charge in [-0.05, 0) is 76.9 Å². The van der Waals surface area contributed by atoms with Gasteiger partial charge >= 0.3 is 6.18 Å². The van der Waals surface area contributed by atoms with Crippen LogP contribution < -0.4 is 0 Å². The molecule has 2 heterocycles. The Hall–Kier alpha value is -8.89. The van der Waals surface area contributed by atoms with Gasteiger partial charge in [0.25, 0.3) is 0 Å². The number of benzene rings is 8. The third kappa shape index (κ3) is 5.93. The number of hydrogen-bond acceptors (Lipinski definition) is 2. The number of nitrogens with zero attached hydrogens (tertiary/aromatic N) is 6. The Morgan fingerprint density at radius 2 is 0.968 bits per heavy atom. The summed E-state index contributed by atoms with van der Waals surface area (Å²) in [6, 6.07) is 52.7. The highest BCUT2D eigenvalue weighted by atomic mass is 19.4. The SMILES string of the molecule is [C-]#[N+]c1cccc(-c2ccc3c4ccccc4n(-c4cc(C#N)cc(-n5c6ccccc6c6ccc(-c7cccc(C#N)c7)cc65)c4-c4c([N+]#[C-])cccc4C(F)(F)F)c3c2)c1. The van der Waals surface area contributed by atoms with E-state index in [-0.39, 0.29) is 33.8 Å². The highest BCUT2D eigenvalue weighted by Crippen LogP contribution is 2.50. The van der Waals surface area contributed by atoms with E-state index in [0.29, 0.717) is 33.3 Å². The molecule has 0 unspecified atom stereocenters. The highest BCUT2D eigenvalue weighted by Gasteiger charge is 2.37. The molecule has 62 heavy (non-hydrogen) atoms. The van der Waals surface area contributed by atoms with E-state index in [1.165, 1.54) is 12.1 Å². The summed E-state index contributed by atoms with van der Waals surface area (Å²) in [6.45, 7) is 15.9. The topological polar surface area (TPSA) is 66.2 Å². The number of para-hydroxylation sites is 2. The lowest BCUT2D eigenvalue weighted by atomic mass is 9.92. The molecule has 8 aromatic carbocycles. The lowest BCUT2D eigenvalue weighted by molar-refractivity contribution is -0.137. The van der Waals surface area contributed by atoms with E-state index in [1.54, 1.807) is 48.5 Å². The Labute approximate surface area is 353 Å². The molecule has 0 fully saturated rings. The van der Waals surface area contributed by atoms with Crippen molar-refractivity contribution in [3.8, 4) is 56.9 Å². The molecule has 290 valence electrons. The zero-order valence-corrected chi connectivity index (χ0v) is 32.4. The Morgan fingerprint density at radius 3 is 1.52 bits per heavy atom. The standard InChI is InChI=1S/C53H27F3N6/c1-59-38-13-8-12-35(27-38)37-21-23-42-40-15-4-6-19-46(40)62(48(42)29-37)50-26-33(31-58)25-49(52(50)51-43(53(54,55)56)16-9-17-44(51)60-2)61-45-18-5-3-14-39(45)41-22-20-36(28-47(41)61)34-11-7-10-32(24-34)30-57/h3-29H. The first-order valence-electron chi connectivity index (χ1n) is 19.4. The normalized spacial score (nSPS) is 11.4. The minimum absolute atomic E-state index is 0.102. The van der Waals surface area contributed by atoms with Crippen LogP contribution in [-0.4, -0.2) is 9.13 Å². The van der Waals surface area contributed by atoms with Crippen molar-refractivity contribution in [2.24, 2.45) is 0 Å². The maximum absolute atomic E-state index is 15.5. The van der Waals surface area contributed by atoms with Crippen LogP contribution in [0, 0.1) is 35.8 Å². The summed E-state index contributed by atoms with van der Waals surface area (Å²) in [5, 5.41) is 23.8. The largest absolute Gasteiger partial charge is 0.415 e. The van der Waals surface area contributed by atoms with Crippen molar-refractivity contribution in [2.45, 2.75) is 6.18 Å². The molecule has 10 rings (SSSR count).